The Morgan fingerprint density at radius 2 is 1.69 bits per heavy atom. The third-order valence-corrected chi connectivity index (χ3v) is 6.18. The van der Waals surface area contributed by atoms with Gasteiger partial charge in [0, 0.05) is 0 Å². The molecule has 8 heteroatoms. The van der Waals surface area contributed by atoms with Crippen molar-refractivity contribution in [2.24, 2.45) is 11.3 Å². The van der Waals surface area contributed by atoms with Crippen LogP contribution in [0.15, 0.2) is 42.5 Å². The number of carboxylic acid groups (broad SMARTS) is 1. The third-order valence-electron chi connectivity index (χ3n) is 6.18. The molecular formula is C24H25F4NO3. The van der Waals surface area contributed by atoms with Gasteiger partial charge in [-0.3, -0.25) is 9.59 Å². The SMILES string of the molecule is CCc1ccc([C@H](C(=O)Nc2cc(CC3(C(=O)O)CC3)ccc2F)C(C)C(F)(F)F)cc1. The number of nitrogens with one attached hydrogen (secondary N) is 1. The van der Waals surface area contributed by atoms with Gasteiger partial charge >= 0.3 is 12.1 Å². The maximum atomic E-state index is 14.4. The second kappa shape index (κ2) is 8.92. The number of carboxylic acids is 1. The van der Waals surface area contributed by atoms with E-state index in [-0.39, 0.29) is 17.7 Å². The summed E-state index contributed by atoms with van der Waals surface area (Å²) in [5.74, 6) is -6.29. The lowest BCUT2D eigenvalue weighted by Gasteiger charge is -2.26. The van der Waals surface area contributed by atoms with Crippen LogP contribution in [0.25, 0.3) is 0 Å². The van der Waals surface area contributed by atoms with E-state index in [4.69, 9.17) is 0 Å². The molecule has 1 amide bonds. The van der Waals surface area contributed by atoms with E-state index in [0.29, 0.717) is 24.8 Å². The van der Waals surface area contributed by atoms with E-state index in [2.05, 4.69) is 5.32 Å². The molecule has 0 aromatic heterocycles. The summed E-state index contributed by atoms with van der Waals surface area (Å²) < 4.78 is 55.0. The Kier molecular flexibility index (Phi) is 6.62. The van der Waals surface area contributed by atoms with Crippen LogP contribution in [0.1, 0.15) is 49.3 Å². The summed E-state index contributed by atoms with van der Waals surface area (Å²) in [7, 11) is 0. The number of carbonyl (C=O) groups excluding carboxylic acids is 1. The van der Waals surface area contributed by atoms with Gasteiger partial charge < -0.3 is 10.4 Å². The number of amides is 1. The molecule has 0 bridgehead atoms. The predicted molar refractivity (Wildman–Crippen MR) is 112 cm³/mol. The number of aryl methyl sites for hydroxylation is 1. The van der Waals surface area contributed by atoms with Crippen molar-refractivity contribution in [3.8, 4) is 0 Å². The lowest BCUT2D eigenvalue weighted by atomic mass is 9.85. The number of aliphatic carboxylic acids is 1. The fourth-order valence-corrected chi connectivity index (χ4v) is 3.81. The van der Waals surface area contributed by atoms with Crippen molar-refractivity contribution in [3.63, 3.8) is 0 Å². The number of carbonyl (C=O) groups is 2. The van der Waals surface area contributed by atoms with Crippen molar-refractivity contribution in [2.45, 2.75) is 51.6 Å². The van der Waals surface area contributed by atoms with Crippen LogP contribution in [0.3, 0.4) is 0 Å². The zero-order valence-corrected chi connectivity index (χ0v) is 17.8. The van der Waals surface area contributed by atoms with Crippen LogP contribution in [-0.2, 0) is 22.4 Å². The normalized spacial score (nSPS) is 16.8. The van der Waals surface area contributed by atoms with Crippen molar-refractivity contribution in [2.75, 3.05) is 5.32 Å². The van der Waals surface area contributed by atoms with E-state index in [9.17, 15) is 32.3 Å². The highest BCUT2D eigenvalue weighted by atomic mass is 19.4. The fourth-order valence-electron chi connectivity index (χ4n) is 3.81. The average molecular weight is 451 g/mol. The number of anilines is 1. The minimum atomic E-state index is -4.63. The Balaban J connectivity index is 1.88. The van der Waals surface area contributed by atoms with Crippen molar-refractivity contribution in [1.82, 2.24) is 0 Å². The average Bonchev–Trinajstić information content (AvgIpc) is 3.51. The van der Waals surface area contributed by atoms with Gasteiger partial charge in [-0.2, -0.15) is 13.2 Å². The van der Waals surface area contributed by atoms with Crippen LogP contribution in [-0.4, -0.2) is 23.2 Å². The first-order chi connectivity index (χ1) is 15.0. The molecule has 1 saturated carbocycles. The summed E-state index contributed by atoms with van der Waals surface area (Å²) in [5, 5.41) is 11.7. The van der Waals surface area contributed by atoms with Crippen LogP contribution in [0.5, 0.6) is 0 Å². The van der Waals surface area contributed by atoms with Gasteiger partial charge in [-0.15, -0.1) is 0 Å². The molecule has 0 heterocycles. The number of hydrogen-bond acceptors (Lipinski definition) is 2. The molecule has 2 atom stereocenters. The Labute approximate surface area is 183 Å². The summed E-state index contributed by atoms with van der Waals surface area (Å²) in [6.45, 7) is 2.83. The molecule has 3 rings (SSSR count). The van der Waals surface area contributed by atoms with Crippen molar-refractivity contribution < 1.29 is 32.3 Å². The largest absolute Gasteiger partial charge is 0.481 e. The topological polar surface area (TPSA) is 66.4 Å². The molecule has 172 valence electrons. The monoisotopic (exact) mass is 451 g/mol. The molecule has 32 heavy (non-hydrogen) atoms. The lowest BCUT2D eigenvalue weighted by Crippen LogP contribution is -2.34. The number of benzene rings is 2. The third kappa shape index (κ3) is 5.11. The molecule has 1 fully saturated rings. The second-order valence-electron chi connectivity index (χ2n) is 8.47. The Bertz CT molecular complexity index is 997. The van der Waals surface area contributed by atoms with Gasteiger partial charge in [-0.05, 0) is 54.5 Å². The Morgan fingerprint density at radius 3 is 2.19 bits per heavy atom. The van der Waals surface area contributed by atoms with Crippen LogP contribution >= 0.6 is 0 Å². The highest BCUT2D eigenvalue weighted by Crippen LogP contribution is 2.49. The van der Waals surface area contributed by atoms with E-state index in [1.54, 1.807) is 12.1 Å². The zero-order valence-electron chi connectivity index (χ0n) is 17.8. The highest BCUT2D eigenvalue weighted by molar-refractivity contribution is 5.96. The lowest BCUT2D eigenvalue weighted by molar-refractivity contribution is -0.178. The maximum Gasteiger partial charge on any atom is 0.392 e. The molecular weight excluding hydrogens is 426 g/mol. The van der Waals surface area contributed by atoms with Crippen molar-refractivity contribution in [3.05, 3.63) is 65.0 Å². The number of rotatable bonds is 8. The highest BCUT2D eigenvalue weighted by Gasteiger charge is 2.50. The molecule has 2 aromatic rings. The van der Waals surface area contributed by atoms with Gasteiger partial charge in [0.1, 0.15) is 5.82 Å². The fraction of sp³-hybridized carbons (Fsp3) is 0.417. The molecule has 0 radical (unpaired) electrons. The van der Waals surface area contributed by atoms with Gasteiger partial charge in [0.2, 0.25) is 5.91 Å². The van der Waals surface area contributed by atoms with Crippen LogP contribution in [0.4, 0.5) is 23.2 Å². The standard InChI is InChI=1S/C24H25F4NO3/c1-3-15-4-7-17(8-5-15)20(14(2)24(26,27)28)21(30)29-19-12-16(6-9-18(19)25)13-23(10-11-23)22(31)32/h4-9,12,14,20H,3,10-11,13H2,1-2H3,(H,29,30)(H,31,32)/t14?,20-/m1/s1. The van der Waals surface area contributed by atoms with Gasteiger partial charge in [-0.1, -0.05) is 44.2 Å². The van der Waals surface area contributed by atoms with E-state index < -0.39 is 41.1 Å². The number of hydrogen-bond donors (Lipinski definition) is 2. The Morgan fingerprint density at radius 1 is 1.09 bits per heavy atom. The molecule has 1 unspecified atom stereocenters. The van der Waals surface area contributed by atoms with Crippen LogP contribution < -0.4 is 5.32 Å². The van der Waals surface area contributed by atoms with E-state index in [1.165, 1.54) is 24.3 Å². The molecule has 4 nitrogen and oxygen atoms in total. The summed E-state index contributed by atoms with van der Waals surface area (Å²) in [6.07, 6.45) is -2.78. The van der Waals surface area contributed by atoms with Gasteiger partial charge in [-0.25, -0.2) is 4.39 Å². The van der Waals surface area contributed by atoms with Crippen LogP contribution in [0.2, 0.25) is 0 Å². The first-order valence-electron chi connectivity index (χ1n) is 10.4. The summed E-state index contributed by atoms with van der Waals surface area (Å²) in [4.78, 5) is 24.4. The molecule has 0 spiro atoms. The van der Waals surface area contributed by atoms with Crippen molar-refractivity contribution >= 4 is 17.6 Å². The van der Waals surface area contributed by atoms with Gasteiger partial charge in [0.05, 0.1) is 22.9 Å². The van der Waals surface area contributed by atoms with E-state index in [0.717, 1.165) is 18.6 Å². The molecule has 0 saturated heterocycles. The second-order valence-corrected chi connectivity index (χ2v) is 8.47. The molecule has 1 aliphatic rings. The van der Waals surface area contributed by atoms with Gasteiger partial charge in [0.25, 0.3) is 0 Å². The minimum Gasteiger partial charge on any atom is -0.481 e. The minimum absolute atomic E-state index is 0.159. The maximum absolute atomic E-state index is 14.4. The first-order valence-corrected chi connectivity index (χ1v) is 10.4. The molecule has 0 aliphatic heterocycles. The smallest absolute Gasteiger partial charge is 0.392 e. The molecule has 2 aromatic carbocycles. The van der Waals surface area contributed by atoms with Gasteiger partial charge in [0.15, 0.2) is 0 Å². The Hall–Kier alpha value is -2.90. The summed E-state index contributed by atoms with van der Waals surface area (Å²) in [6, 6.07) is 10.1. The predicted octanol–water partition coefficient (Wildman–Crippen LogP) is 5.72. The van der Waals surface area contributed by atoms with Crippen molar-refractivity contribution in [1.29, 1.82) is 0 Å². The molecule has 2 N–H and O–H groups in total. The van der Waals surface area contributed by atoms with E-state index in [1.807, 2.05) is 6.92 Å². The summed E-state index contributed by atoms with van der Waals surface area (Å²) in [5.41, 5.74) is 0.434. The quantitative estimate of drug-likeness (QED) is 0.505. The number of alkyl halides is 3. The van der Waals surface area contributed by atoms with E-state index >= 15 is 0 Å². The first kappa shape index (κ1) is 23.8. The summed E-state index contributed by atoms with van der Waals surface area (Å²) >= 11 is 0. The molecule has 1 aliphatic carbocycles. The zero-order chi connectivity index (χ0) is 23.7. The van der Waals surface area contributed by atoms with Crippen LogP contribution in [0, 0.1) is 17.2 Å². The number of halogens is 4.